The van der Waals surface area contributed by atoms with Crippen LogP contribution >= 0.6 is 22.7 Å². The van der Waals surface area contributed by atoms with Crippen molar-refractivity contribution in [2.75, 3.05) is 27.9 Å². The molecule has 356 valence electrons. The summed E-state index contributed by atoms with van der Waals surface area (Å²) in [7, 11) is 0. The predicted molar refractivity (Wildman–Crippen MR) is 261 cm³/mol. The number of carbonyl (C=O) groups excluding carboxylic acids is 7. The van der Waals surface area contributed by atoms with Crippen molar-refractivity contribution in [2.24, 2.45) is 0 Å². The number of anilines is 4. The molecule has 22 heteroatoms. The third kappa shape index (κ3) is 11.8. The smallest absolute Gasteiger partial charge is 0.436 e. The highest BCUT2D eigenvalue weighted by Gasteiger charge is 2.27. The number of nitrogens with zero attached hydrogens (tertiary/aromatic N) is 3. The number of amides is 4. The Morgan fingerprint density at radius 1 is 0.623 bits per heavy atom. The number of aromatic nitrogens is 6. The molecule has 0 saturated carbocycles. The summed E-state index contributed by atoms with van der Waals surface area (Å²) < 4.78 is 16.9. The molecule has 0 aliphatic heterocycles. The van der Waals surface area contributed by atoms with Crippen LogP contribution in [0.25, 0.3) is 20.4 Å². The highest BCUT2D eigenvalue weighted by atomic mass is 32.1. The molecule has 0 radical (unpaired) electrons. The molecule has 8 rings (SSSR count). The molecule has 8 aromatic rings. The predicted octanol–water partition coefficient (Wildman–Crippen LogP) is 9.30. The first-order valence-corrected chi connectivity index (χ1v) is 22.8. The van der Waals surface area contributed by atoms with Gasteiger partial charge in [-0.05, 0) is 109 Å². The minimum Gasteiger partial charge on any atom is -0.456 e. The first kappa shape index (κ1) is 48.6. The van der Waals surface area contributed by atoms with Gasteiger partial charge in [0.15, 0.2) is 5.82 Å². The average molecular weight is 975 g/mol. The number of benzene rings is 2. The van der Waals surface area contributed by atoms with Crippen molar-refractivity contribution in [3.8, 4) is 0 Å². The molecule has 7 N–H and O–H groups in total. The highest BCUT2D eigenvalue weighted by molar-refractivity contribution is 7.21. The van der Waals surface area contributed by atoms with E-state index in [4.69, 9.17) is 14.2 Å². The van der Waals surface area contributed by atoms with Crippen molar-refractivity contribution < 1.29 is 47.8 Å². The van der Waals surface area contributed by atoms with Crippen LogP contribution in [0.2, 0.25) is 0 Å². The van der Waals surface area contributed by atoms with Crippen LogP contribution in [0.1, 0.15) is 110 Å². The molecule has 0 aliphatic rings. The molecule has 20 nitrogen and oxygen atoms in total. The van der Waals surface area contributed by atoms with E-state index in [1.54, 1.807) is 140 Å². The number of hydrogen-bond acceptors (Lipinski definition) is 14. The second-order valence-electron chi connectivity index (χ2n) is 16.8. The lowest BCUT2D eigenvalue weighted by atomic mass is 10.1. The van der Waals surface area contributed by atoms with Crippen LogP contribution < -0.4 is 21.3 Å². The third-order valence-electron chi connectivity index (χ3n) is 9.25. The van der Waals surface area contributed by atoms with Crippen LogP contribution in [-0.4, -0.2) is 89.4 Å². The lowest BCUT2D eigenvalue weighted by Crippen LogP contribution is -2.23. The third-order valence-corrected chi connectivity index (χ3v) is 11.3. The second kappa shape index (κ2) is 20.2. The molecule has 0 unspecified atom stereocenters. The van der Waals surface area contributed by atoms with Gasteiger partial charge in [-0.3, -0.25) is 24.3 Å². The number of para-hydroxylation sites is 2. The highest BCUT2D eigenvalue weighted by Crippen LogP contribution is 2.34. The maximum atomic E-state index is 13.3. The van der Waals surface area contributed by atoms with Crippen molar-refractivity contribution in [2.45, 2.75) is 59.7 Å². The Labute approximate surface area is 401 Å². The molecule has 0 fully saturated rings. The van der Waals surface area contributed by atoms with Gasteiger partial charge in [0, 0.05) is 12.4 Å². The summed E-state index contributed by atoms with van der Waals surface area (Å²) in [5.74, 6) is -2.43. The van der Waals surface area contributed by atoms with Crippen LogP contribution in [0.4, 0.5) is 27.8 Å². The van der Waals surface area contributed by atoms with Gasteiger partial charge in [-0.25, -0.2) is 14.4 Å². The quantitative estimate of drug-likeness (QED) is 0.0472. The van der Waals surface area contributed by atoms with E-state index in [0.29, 0.717) is 48.2 Å². The Kier molecular flexibility index (Phi) is 14.2. The second-order valence-corrected chi connectivity index (χ2v) is 18.9. The molecule has 4 amide bonds. The number of hydrogen-bond donors (Lipinski definition) is 7. The van der Waals surface area contributed by atoms with Crippen LogP contribution in [0.15, 0.2) is 97.3 Å². The van der Waals surface area contributed by atoms with E-state index in [1.165, 1.54) is 17.4 Å². The van der Waals surface area contributed by atoms with Gasteiger partial charge >= 0.3 is 18.0 Å². The molecular formula is C47H46N10O10S2. The summed E-state index contributed by atoms with van der Waals surface area (Å²) in [4.78, 5) is 95.8. The monoisotopic (exact) mass is 974 g/mol. The molecule has 0 bridgehead atoms. The summed E-state index contributed by atoms with van der Waals surface area (Å²) >= 11 is 2.17. The molecule has 2 aromatic carbocycles. The fourth-order valence-corrected chi connectivity index (χ4v) is 8.18. The van der Waals surface area contributed by atoms with Gasteiger partial charge in [0.2, 0.25) is 0 Å². The number of aromatic amines is 3. The van der Waals surface area contributed by atoms with Gasteiger partial charge < -0.3 is 45.4 Å². The standard InChI is InChI=1S/C25H25N5O6S.C22H21N5O4S/c1-5-35-24(34)30-22-15(13-18(37-22)23(33)36-25(2,3)4)19(29-30)28-20(31)14-9-6-7-10-16(14)27-21(32)17-11-8-12-26-17;1-22(2,3)31-21(30)16-11-13-17(26-27-20(13)32-16)25-18(28)12-7-4-5-8-14(12)24-19(29)15-9-6-10-23-15/h6-13,26H,5H2,1-4H3,(H,27,32)(H,28,29,31);4-11,23H,1-3H3,(H,24,29)(H2,25,26,27,28). The number of rotatable bonds is 11. The van der Waals surface area contributed by atoms with Gasteiger partial charge in [0.25, 0.3) is 23.6 Å². The first-order valence-electron chi connectivity index (χ1n) is 21.1. The largest absolute Gasteiger partial charge is 0.456 e. The topological polar surface area (TPSA) is 273 Å². The Hall–Kier alpha value is -8.37. The molecule has 0 aliphatic carbocycles. The van der Waals surface area contributed by atoms with E-state index in [-0.39, 0.29) is 40.0 Å². The van der Waals surface area contributed by atoms with Gasteiger partial charge in [0.05, 0.1) is 39.9 Å². The summed E-state index contributed by atoms with van der Waals surface area (Å²) in [6.45, 7) is 12.4. The molecule has 6 heterocycles. The first-order chi connectivity index (χ1) is 32.8. The summed E-state index contributed by atoms with van der Waals surface area (Å²) in [6.07, 6.45) is 2.50. The van der Waals surface area contributed by atoms with Crippen molar-refractivity contribution in [3.05, 3.63) is 130 Å². The van der Waals surface area contributed by atoms with E-state index in [0.717, 1.165) is 16.0 Å². The van der Waals surface area contributed by atoms with Gasteiger partial charge in [0.1, 0.15) is 47.8 Å². The van der Waals surface area contributed by atoms with E-state index in [9.17, 15) is 33.6 Å². The Morgan fingerprint density at radius 3 is 1.64 bits per heavy atom. The van der Waals surface area contributed by atoms with Crippen LogP contribution in [0.5, 0.6) is 0 Å². The van der Waals surface area contributed by atoms with Gasteiger partial charge in [-0.2, -0.15) is 9.78 Å². The molecule has 0 spiro atoms. The lowest BCUT2D eigenvalue weighted by molar-refractivity contribution is 0.00627. The number of carbonyl (C=O) groups is 7. The van der Waals surface area contributed by atoms with Gasteiger partial charge in [-0.15, -0.1) is 27.8 Å². The number of esters is 2. The Bertz CT molecular complexity index is 3200. The van der Waals surface area contributed by atoms with E-state index >= 15 is 0 Å². The maximum Gasteiger partial charge on any atom is 0.436 e. The van der Waals surface area contributed by atoms with E-state index in [2.05, 4.69) is 46.5 Å². The Morgan fingerprint density at radius 2 is 1.13 bits per heavy atom. The number of nitrogens with one attached hydrogen (secondary N) is 7. The zero-order valence-electron chi connectivity index (χ0n) is 38.2. The molecule has 0 saturated heterocycles. The van der Waals surface area contributed by atoms with Gasteiger partial charge in [-0.1, -0.05) is 24.3 Å². The molecule has 69 heavy (non-hydrogen) atoms. The number of fused-ring (bicyclic) bond motifs is 2. The number of ether oxygens (including phenoxy) is 3. The summed E-state index contributed by atoms with van der Waals surface area (Å²) in [5, 5.41) is 23.0. The summed E-state index contributed by atoms with van der Waals surface area (Å²) in [6, 6.07) is 22.9. The fourth-order valence-electron chi connectivity index (χ4n) is 6.33. The number of thiophene rings is 2. The number of H-pyrrole nitrogens is 3. The van der Waals surface area contributed by atoms with Crippen molar-refractivity contribution in [1.82, 2.24) is 29.9 Å². The lowest BCUT2D eigenvalue weighted by Gasteiger charge is -2.18. The maximum absolute atomic E-state index is 13.3. The van der Waals surface area contributed by atoms with Crippen molar-refractivity contribution in [1.29, 1.82) is 0 Å². The van der Waals surface area contributed by atoms with E-state index < -0.39 is 47.0 Å². The fraction of sp³-hybridized carbons (Fsp3) is 0.213. The minimum atomic E-state index is -0.760. The van der Waals surface area contributed by atoms with E-state index in [1.807, 2.05) is 0 Å². The zero-order chi connectivity index (χ0) is 49.6. The summed E-state index contributed by atoms with van der Waals surface area (Å²) in [5.41, 5.74) is 0.463. The van der Waals surface area contributed by atoms with Crippen molar-refractivity contribution >= 4 is 108 Å². The minimum absolute atomic E-state index is 0.0459. The normalized spacial score (nSPS) is 11.3. The molecule has 6 aromatic heterocycles. The van der Waals surface area contributed by atoms with Crippen molar-refractivity contribution in [3.63, 3.8) is 0 Å². The van der Waals surface area contributed by atoms with Crippen LogP contribution in [0.3, 0.4) is 0 Å². The average Bonchev–Trinajstić information content (AvgIpc) is 4.15. The molecular weight excluding hydrogens is 929 g/mol. The van der Waals surface area contributed by atoms with Crippen LogP contribution in [-0.2, 0) is 14.2 Å². The SMILES string of the molecule is CC(C)(C)OC(=O)c1cc2c(NC(=O)c3ccccc3NC(=O)c3ccc[nH]3)[nH]nc2s1.CCOC(=O)n1nc(NC(=O)c2ccccc2NC(=O)c2ccc[nH]2)c2cc(C(=O)OC(C)(C)C)sc21. The Balaban J connectivity index is 0.000000206. The van der Waals surface area contributed by atoms with Crippen LogP contribution in [0, 0.1) is 0 Å². The molecule has 0 atom stereocenters. The zero-order valence-corrected chi connectivity index (χ0v) is 39.8.